The van der Waals surface area contributed by atoms with Crippen molar-refractivity contribution in [3.8, 4) is 0 Å². The fourth-order valence-corrected chi connectivity index (χ4v) is 5.67. The number of carbonyl (C=O) groups is 1. The molecule has 3 heterocycles. The molecule has 1 atom stereocenters. The average molecular weight is 491 g/mol. The van der Waals surface area contributed by atoms with Crippen LogP contribution in [0.3, 0.4) is 0 Å². The van der Waals surface area contributed by atoms with E-state index in [0.717, 1.165) is 25.9 Å². The molecule has 1 saturated carbocycles. The summed E-state index contributed by atoms with van der Waals surface area (Å²) < 4.78 is 17.2. The third-order valence-electron chi connectivity index (χ3n) is 7.80. The number of nitrogens with one attached hydrogen (secondary N) is 1. The van der Waals surface area contributed by atoms with E-state index in [0.29, 0.717) is 30.8 Å². The summed E-state index contributed by atoms with van der Waals surface area (Å²) in [5, 5.41) is 13.2. The van der Waals surface area contributed by atoms with E-state index in [1.165, 1.54) is 42.8 Å². The van der Waals surface area contributed by atoms with Crippen LogP contribution in [-0.4, -0.2) is 48.4 Å². The minimum atomic E-state index is -1.28. The lowest BCUT2D eigenvalue weighted by Gasteiger charge is -2.36. The van der Waals surface area contributed by atoms with E-state index in [2.05, 4.69) is 34.5 Å². The van der Waals surface area contributed by atoms with Gasteiger partial charge in [0.1, 0.15) is 11.4 Å². The van der Waals surface area contributed by atoms with Crippen LogP contribution in [0.2, 0.25) is 0 Å². The Kier molecular flexibility index (Phi) is 5.91. The Hall–Kier alpha value is -3.39. The zero-order chi connectivity index (χ0) is 24.8. The molecule has 0 spiro atoms. The molecule has 0 amide bonds. The Bertz CT molecular complexity index is 1360. The molecule has 2 aromatic carbocycles. The fraction of sp³-hybridized carbons (Fsp3) is 0.429. The SMILES string of the molecule is O=C(O)c1cn(C2CC2)c2cc(N3CCNC(c4ccc(N5CCCCC5)cc4)C3)c(F)cc2c1=O. The van der Waals surface area contributed by atoms with E-state index in [1.807, 2.05) is 9.47 Å². The van der Waals surface area contributed by atoms with Crippen LogP contribution in [-0.2, 0) is 0 Å². The smallest absolute Gasteiger partial charge is 0.341 e. The first-order chi connectivity index (χ1) is 17.5. The Morgan fingerprint density at radius 3 is 2.44 bits per heavy atom. The lowest BCUT2D eigenvalue weighted by molar-refractivity contribution is 0.0695. The van der Waals surface area contributed by atoms with Crippen LogP contribution in [0.15, 0.2) is 47.4 Å². The molecule has 2 aliphatic heterocycles. The lowest BCUT2D eigenvalue weighted by atomic mass is 10.0. The van der Waals surface area contributed by atoms with Gasteiger partial charge in [-0.25, -0.2) is 9.18 Å². The highest BCUT2D eigenvalue weighted by atomic mass is 19.1. The van der Waals surface area contributed by atoms with Crippen LogP contribution in [0.4, 0.5) is 15.8 Å². The summed E-state index contributed by atoms with van der Waals surface area (Å²) in [7, 11) is 0. The maximum atomic E-state index is 15.4. The number of anilines is 2. The number of aromatic carboxylic acids is 1. The zero-order valence-electron chi connectivity index (χ0n) is 20.3. The van der Waals surface area contributed by atoms with E-state index in [4.69, 9.17) is 0 Å². The van der Waals surface area contributed by atoms with Gasteiger partial charge in [0.05, 0.1) is 11.2 Å². The van der Waals surface area contributed by atoms with E-state index in [1.54, 1.807) is 6.07 Å². The monoisotopic (exact) mass is 490 g/mol. The average Bonchev–Trinajstić information content (AvgIpc) is 3.75. The minimum absolute atomic E-state index is 0.0595. The minimum Gasteiger partial charge on any atom is -0.477 e. The summed E-state index contributed by atoms with van der Waals surface area (Å²) in [6.45, 7) is 4.17. The van der Waals surface area contributed by atoms with Crippen LogP contribution in [0.1, 0.15) is 60.1 Å². The van der Waals surface area contributed by atoms with Gasteiger partial charge in [0, 0.05) is 62.1 Å². The second kappa shape index (κ2) is 9.24. The maximum Gasteiger partial charge on any atom is 0.341 e. The van der Waals surface area contributed by atoms with Crippen LogP contribution < -0.4 is 20.5 Å². The van der Waals surface area contributed by atoms with Gasteiger partial charge in [-0.15, -0.1) is 0 Å². The second-order valence-electron chi connectivity index (χ2n) is 10.2. The van der Waals surface area contributed by atoms with Crippen molar-refractivity contribution >= 4 is 28.2 Å². The van der Waals surface area contributed by atoms with Gasteiger partial charge in [0.2, 0.25) is 5.43 Å². The molecular weight excluding hydrogens is 459 g/mol. The molecule has 36 heavy (non-hydrogen) atoms. The Balaban J connectivity index is 1.30. The number of hydrogen-bond acceptors (Lipinski definition) is 5. The first kappa shape index (κ1) is 23.0. The number of rotatable bonds is 5. The van der Waals surface area contributed by atoms with Gasteiger partial charge in [-0.1, -0.05) is 12.1 Å². The van der Waals surface area contributed by atoms with Crippen LogP contribution in [0, 0.1) is 5.82 Å². The molecule has 3 aromatic rings. The van der Waals surface area contributed by atoms with Gasteiger partial charge in [0.25, 0.3) is 0 Å². The molecule has 3 aliphatic rings. The van der Waals surface area contributed by atoms with E-state index >= 15 is 4.39 Å². The normalized spacial score (nSPS) is 20.6. The maximum absolute atomic E-state index is 15.4. The predicted molar refractivity (Wildman–Crippen MR) is 139 cm³/mol. The fourth-order valence-electron chi connectivity index (χ4n) is 5.67. The van der Waals surface area contributed by atoms with Gasteiger partial charge >= 0.3 is 5.97 Å². The number of benzene rings is 2. The first-order valence-corrected chi connectivity index (χ1v) is 12.9. The molecule has 0 bridgehead atoms. The van der Waals surface area contributed by atoms with Crippen molar-refractivity contribution in [2.75, 3.05) is 42.5 Å². The van der Waals surface area contributed by atoms with Gasteiger partial charge in [-0.05, 0) is 61.9 Å². The van der Waals surface area contributed by atoms with Crippen LogP contribution in [0.25, 0.3) is 10.9 Å². The van der Waals surface area contributed by atoms with Crippen molar-refractivity contribution < 1.29 is 14.3 Å². The van der Waals surface area contributed by atoms with E-state index in [-0.39, 0.29) is 23.0 Å². The van der Waals surface area contributed by atoms with Gasteiger partial charge in [-0.2, -0.15) is 0 Å². The summed E-state index contributed by atoms with van der Waals surface area (Å²) >= 11 is 0. The van der Waals surface area contributed by atoms with Gasteiger partial charge < -0.3 is 24.8 Å². The molecular formula is C28H31FN4O3. The number of aromatic nitrogens is 1. The van der Waals surface area contributed by atoms with Crippen molar-refractivity contribution in [1.82, 2.24) is 9.88 Å². The van der Waals surface area contributed by atoms with Gasteiger partial charge in [0.15, 0.2) is 0 Å². The van der Waals surface area contributed by atoms with Crippen molar-refractivity contribution in [1.29, 1.82) is 0 Å². The number of carboxylic acids is 1. The molecule has 0 radical (unpaired) electrons. The van der Waals surface area contributed by atoms with Crippen molar-refractivity contribution in [2.45, 2.75) is 44.2 Å². The highest BCUT2D eigenvalue weighted by Gasteiger charge is 2.29. The van der Waals surface area contributed by atoms with Gasteiger partial charge in [-0.3, -0.25) is 4.79 Å². The van der Waals surface area contributed by atoms with Crippen LogP contribution >= 0.6 is 0 Å². The molecule has 8 heteroatoms. The number of nitrogens with zero attached hydrogens (tertiary/aromatic N) is 3. The van der Waals surface area contributed by atoms with E-state index < -0.39 is 17.2 Å². The molecule has 2 saturated heterocycles. The first-order valence-electron chi connectivity index (χ1n) is 12.9. The molecule has 1 unspecified atom stereocenters. The van der Waals surface area contributed by atoms with Crippen molar-refractivity contribution in [3.05, 3.63) is 69.8 Å². The van der Waals surface area contributed by atoms with Crippen molar-refractivity contribution in [2.24, 2.45) is 0 Å². The standard InChI is InChI=1S/C28H31FN4O3/c29-23-14-21-25(33(20-8-9-20)16-22(27(21)34)28(35)36)15-26(23)32-13-10-30-24(17-32)18-4-6-19(7-5-18)31-11-2-1-3-12-31/h4-7,14-16,20,24,30H,1-3,8-13,17H2,(H,35,36). The summed E-state index contributed by atoms with van der Waals surface area (Å²) in [4.78, 5) is 28.9. The Labute approximate surface area is 209 Å². The highest BCUT2D eigenvalue weighted by molar-refractivity contribution is 5.93. The zero-order valence-corrected chi connectivity index (χ0v) is 20.3. The Morgan fingerprint density at radius 2 is 1.75 bits per heavy atom. The molecule has 3 fully saturated rings. The molecule has 2 N–H and O–H groups in total. The highest BCUT2D eigenvalue weighted by Crippen LogP contribution is 2.38. The summed E-state index contributed by atoms with van der Waals surface area (Å²) in [5.74, 6) is -1.78. The molecule has 1 aromatic heterocycles. The summed E-state index contributed by atoms with van der Waals surface area (Å²) in [6.07, 6.45) is 7.06. The number of halogens is 1. The largest absolute Gasteiger partial charge is 0.477 e. The third kappa shape index (κ3) is 4.23. The number of pyridine rings is 1. The Morgan fingerprint density at radius 1 is 1.00 bits per heavy atom. The summed E-state index contributed by atoms with van der Waals surface area (Å²) in [6, 6.07) is 11.9. The molecule has 6 rings (SSSR count). The molecule has 1 aliphatic carbocycles. The number of piperidine rings is 1. The molecule has 188 valence electrons. The number of carboxylic acid groups (broad SMARTS) is 1. The lowest BCUT2D eigenvalue weighted by Crippen LogP contribution is -2.46. The number of hydrogen-bond donors (Lipinski definition) is 2. The number of fused-ring (bicyclic) bond motifs is 1. The summed E-state index contributed by atoms with van der Waals surface area (Å²) in [5.41, 5.74) is 2.54. The second-order valence-corrected chi connectivity index (χ2v) is 10.2. The van der Waals surface area contributed by atoms with E-state index in [9.17, 15) is 14.7 Å². The van der Waals surface area contributed by atoms with Crippen molar-refractivity contribution in [3.63, 3.8) is 0 Å². The topological polar surface area (TPSA) is 77.8 Å². The number of piperazine rings is 1. The molecule has 7 nitrogen and oxygen atoms in total. The third-order valence-corrected chi connectivity index (χ3v) is 7.80. The van der Waals surface area contributed by atoms with Crippen LogP contribution in [0.5, 0.6) is 0 Å². The predicted octanol–water partition coefficient (Wildman–Crippen LogP) is 4.31. The quantitative estimate of drug-likeness (QED) is 0.555.